The molecule has 2 aliphatic heterocycles. The van der Waals surface area contributed by atoms with Gasteiger partial charge in [0.05, 0.1) is 26.3 Å². The quantitative estimate of drug-likeness (QED) is 0.0639. The number of aliphatic hydroxyl groups is 2. The molecule has 2 fully saturated rings. The summed E-state index contributed by atoms with van der Waals surface area (Å²) in [6.45, 7) is -1.04. The number of nitrogens with zero attached hydrogens (tertiary/aromatic N) is 2. The third kappa shape index (κ3) is 10.9. The summed E-state index contributed by atoms with van der Waals surface area (Å²) in [7, 11) is 3.12. The summed E-state index contributed by atoms with van der Waals surface area (Å²) < 4.78 is 10.8. The minimum Gasteiger partial charge on any atom is -0.496 e. The molecule has 6 N–H and O–H groups in total. The van der Waals surface area contributed by atoms with Crippen molar-refractivity contribution < 1.29 is 58.0 Å². The van der Waals surface area contributed by atoms with Gasteiger partial charge >= 0.3 is 0 Å². The van der Waals surface area contributed by atoms with Crippen LogP contribution in [0.5, 0.6) is 11.5 Å². The Hall–Kier alpha value is -7.96. The van der Waals surface area contributed by atoms with Gasteiger partial charge in [0.2, 0.25) is 11.8 Å². The standard InChI is InChI=1S/2C29H31N3O6/c2*1-38-26-12-6-10-21-20(26)14-23(30-21)29(37)32-15-18-8-2-4-9-19(18)27(32)28(36)31-22(25(35)16-33)13-17-7-3-5-11-24(17)34/h2*2,4,6,8-10,12,14,17,22,27,30,33H,3,5,7,11,13,15-16H2,1H3,(H,31,36)/t17-,22-,27+;17-,22-,27-/m00/s1. The van der Waals surface area contributed by atoms with Gasteiger partial charge in [-0.15, -0.1) is 0 Å². The van der Waals surface area contributed by atoms with Gasteiger partial charge in [-0.05, 0) is 97.2 Å². The van der Waals surface area contributed by atoms with Crippen LogP contribution in [0, 0.1) is 11.8 Å². The van der Waals surface area contributed by atoms with Crippen molar-refractivity contribution in [3.63, 3.8) is 0 Å². The first-order valence-electron chi connectivity index (χ1n) is 25.8. The molecule has 18 heteroatoms. The molecule has 76 heavy (non-hydrogen) atoms. The fourth-order valence-electron chi connectivity index (χ4n) is 11.3. The molecule has 0 spiro atoms. The average Bonchev–Trinajstić information content (AvgIpc) is 4.26. The lowest BCUT2D eigenvalue weighted by Crippen LogP contribution is -2.48. The molecule has 4 aromatic carbocycles. The lowest BCUT2D eigenvalue weighted by atomic mass is 9.83. The van der Waals surface area contributed by atoms with E-state index in [4.69, 9.17) is 9.47 Å². The molecule has 2 aliphatic carbocycles. The third-order valence-electron chi connectivity index (χ3n) is 15.3. The lowest BCUT2D eigenvalue weighted by molar-refractivity contribution is -0.133. The van der Waals surface area contributed by atoms with Gasteiger partial charge in [0.25, 0.3) is 11.8 Å². The molecule has 4 aliphatic rings. The monoisotopic (exact) mass is 1030 g/mol. The van der Waals surface area contributed by atoms with E-state index in [9.17, 15) is 48.6 Å². The number of hydrogen-bond donors (Lipinski definition) is 6. The van der Waals surface area contributed by atoms with Gasteiger partial charge in [-0.1, -0.05) is 73.5 Å². The molecule has 18 nitrogen and oxygen atoms in total. The smallest absolute Gasteiger partial charge is 0.271 e. The van der Waals surface area contributed by atoms with Crippen molar-refractivity contribution in [2.24, 2.45) is 11.8 Å². The number of benzene rings is 4. The molecule has 0 saturated heterocycles. The summed E-state index contributed by atoms with van der Waals surface area (Å²) in [5.41, 5.74) is 5.11. The number of nitrogens with one attached hydrogen (secondary N) is 4. The molecule has 396 valence electrons. The van der Waals surface area contributed by atoms with E-state index in [1.54, 1.807) is 50.6 Å². The second-order valence-corrected chi connectivity index (χ2v) is 19.9. The van der Waals surface area contributed by atoms with E-state index in [2.05, 4.69) is 20.6 Å². The number of aromatic amines is 2. The van der Waals surface area contributed by atoms with E-state index in [-0.39, 0.29) is 61.1 Å². The average molecular weight is 1040 g/mol. The molecule has 6 aromatic rings. The predicted molar refractivity (Wildman–Crippen MR) is 279 cm³/mol. The third-order valence-corrected chi connectivity index (χ3v) is 15.3. The molecule has 2 saturated carbocycles. The Morgan fingerprint density at radius 3 is 1.37 bits per heavy atom. The van der Waals surface area contributed by atoms with Gasteiger partial charge in [0.1, 0.15) is 59.8 Å². The first-order valence-corrected chi connectivity index (χ1v) is 25.8. The highest BCUT2D eigenvalue weighted by atomic mass is 16.5. The van der Waals surface area contributed by atoms with Crippen molar-refractivity contribution in [2.75, 3.05) is 27.4 Å². The van der Waals surface area contributed by atoms with Crippen LogP contribution in [-0.4, -0.2) is 116 Å². The summed E-state index contributed by atoms with van der Waals surface area (Å²) >= 11 is 0. The van der Waals surface area contributed by atoms with Gasteiger partial charge < -0.3 is 50.1 Å². The van der Waals surface area contributed by atoms with E-state index >= 15 is 0 Å². The number of carbonyl (C=O) groups excluding carboxylic acids is 8. The number of amides is 4. The van der Waals surface area contributed by atoms with Crippen LogP contribution in [0.4, 0.5) is 0 Å². The largest absolute Gasteiger partial charge is 0.496 e. The molecule has 0 unspecified atom stereocenters. The molecule has 0 radical (unpaired) electrons. The Labute approximate surface area is 438 Å². The van der Waals surface area contributed by atoms with Crippen LogP contribution in [0.3, 0.4) is 0 Å². The van der Waals surface area contributed by atoms with Crippen LogP contribution in [-0.2, 0) is 41.9 Å². The number of ketones is 4. The van der Waals surface area contributed by atoms with E-state index < -0.39 is 60.8 Å². The topological polar surface area (TPSA) is 258 Å². The second kappa shape index (κ2) is 23.3. The van der Waals surface area contributed by atoms with Crippen molar-refractivity contribution in [2.45, 2.75) is 101 Å². The Bertz CT molecular complexity index is 3000. The highest BCUT2D eigenvalue weighted by molar-refractivity contribution is 6.04. The van der Waals surface area contributed by atoms with Crippen LogP contribution in [0.1, 0.15) is 120 Å². The minimum absolute atomic E-state index is 0.0819. The van der Waals surface area contributed by atoms with Crippen molar-refractivity contribution in [1.29, 1.82) is 0 Å². The first kappa shape index (κ1) is 52.9. The molecular formula is C58H62N6O12. The number of fused-ring (bicyclic) bond motifs is 4. The van der Waals surface area contributed by atoms with Crippen LogP contribution < -0.4 is 20.1 Å². The maximum absolute atomic E-state index is 13.8. The Morgan fingerprint density at radius 2 is 0.987 bits per heavy atom. The van der Waals surface area contributed by atoms with Gasteiger partial charge in [-0.25, -0.2) is 0 Å². The fourth-order valence-corrected chi connectivity index (χ4v) is 11.3. The van der Waals surface area contributed by atoms with E-state index in [1.165, 1.54) is 9.80 Å². The Kier molecular flexibility index (Phi) is 16.2. The van der Waals surface area contributed by atoms with Crippen molar-refractivity contribution >= 4 is 68.6 Å². The molecular weight excluding hydrogens is 973 g/mol. The zero-order chi connectivity index (χ0) is 53.6. The highest BCUT2D eigenvalue weighted by Crippen LogP contribution is 2.39. The van der Waals surface area contributed by atoms with Crippen molar-refractivity contribution in [3.8, 4) is 11.5 Å². The number of Topliss-reactive ketones (excluding diaryl/α,β-unsaturated/α-hetero) is 4. The zero-order valence-electron chi connectivity index (χ0n) is 42.5. The SMILES string of the molecule is COc1cccc2[nH]c(C(=O)N3Cc4ccccc4[C@@H]3C(=O)N[C@@H](C[C@@H]3CCCCC3=O)C(=O)CO)cc12.COc1cccc2[nH]c(C(=O)N3Cc4ccccc4[C@H]3C(=O)N[C@@H](C[C@@H]3CCCCC3=O)C(=O)CO)cc12. The highest BCUT2D eigenvalue weighted by Gasteiger charge is 2.43. The Morgan fingerprint density at radius 1 is 0.579 bits per heavy atom. The number of methoxy groups -OCH3 is 2. The number of ether oxygens (including phenoxy) is 2. The number of hydrogen-bond acceptors (Lipinski definition) is 12. The zero-order valence-corrected chi connectivity index (χ0v) is 42.5. The van der Waals surface area contributed by atoms with Crippen LogP contribution >= 0.6 is 0 Å². The van der Waals surface area contributed by atoms with Crippen molar-refractivity contribution in [1.82, 2.24) is 30.4 Å². The molecule has 6 atom stereocenters. The molecule has 0 bridgehead atoms. The van der Waals surface area contributed by atoms with Crippen LogP contribution in [0.2, 0.25) is 0 Å². The number of H-pyrrole nitrogens is 2. The molecule has 2 aromatic heterocycles. The van der Waals surface area contributed by atoms with Crippen LogP contribution in [0.15, 0.2) is 97.1 Å². The van der Waals surface area contributed by atoms with Crippen LogP contribution in [0.25, 0.3) is 21.8 Å². The van der Waals surface area contributed by atoms with Gasteiger partial charge in [-0.3, -0.25) is 38.4 Å². The van der Waals surface area contributed by atoms with Gasteiger partial charge in [0.15, 0.2) is 11.6 Å². The first-order chi connectivity index (χ1) is 36.8. The molecule has 10 rings (SSSR count). The van der Waals surface area contributed by atoms with E-state index in [0.717, 1.165) is 58.6 Å². The summed E-state index contributed by atoms with van der Waals surface area (Å²) in [4.78, 5) is 114. The fraction of sp³-hybridized carbons (Fsp3) is 0.379. The maximum atomic E-state index is 13.8. The summed E-state index contributed by atoms with van der Waals surface area (Å²) in [5, 5.41) is 26.2. The molecule has 4 heterocycles. The van der Waals surface area contributed by atoms with E-state index in [1.807, 2.05) is 60.7 Å². The van der Waals surface area contributed by atoms with Gasteiger partial charge in [0, 0.05) is 59.6 Å². The molecule has 4 amide bonds. The summed E-state index contributed by atoms with van der Waals surface area (Å²) in [6, 6.07) is 25.0. The Balaban J connectivity index is 0.000000186. The van der Waals surface area contributed by atoms with Gasteiger partial charge in [-0.2, -0.15) is 0 Å². The summed E-state index contributed by atoms with van der Waals surface area (Å²) in [5.74, 6) is -2.14. The second-order valence-electron chi connectivity index (χ2n) is 19.9. The summed E-state index contributed by atoms with van der Waals surface area (Å²) in [6.07, 6.45) is 5.97. The maximum Gasteiger partial charge on any atom is 0.271 e. The lowest BCUT2D eigenvalue weighted by Gasteiger charge is -2.28. The number of aliphatic hydroxyl groups excluding tert-OH is 2. The normalized spacial score (nSPS) is 19.7. The number of carbonyl (C=O) groups is 8. The van der Waals surface area contributed by atoms with Crippen molar-refractivity contribution in [3.05, 3.63) is 131 Å². The minimum atomic E-state index is -1.01. The number of aromatic nitrogens is 2. The van der Waals surface area contributed by atoms with E-state index in [0.29, 0.717) is 59.7 Å². The number of rotatable bonds is 16. The predicted octanol–water partition coefficient (Wildman–Crippen LogP) is 6.14.